The first-order valence-corrected chi connectivity index (χ1v) is 4.69. The molecule has 52 valence electrons. The minimum absolute atomic E-state index is 1.13. The van der Waals surface area contributed by atoms with Gasteiger partial charge in [-0.25, -0.2) is 0 Å². The SMILES string of the molecule is C=Cc1cccc(Br)c1I. The van der Waals surface area contributed by atoms with E-state index in [1.807, 2.05) is 24.3 Å². The van der Waals surface area contributed by atoms with Crippen molar-refractivity contribution in [1.82, 2.24) is 0 Å². The van der Waals surface area contributed by atoms with Gasteiger partial charge < -0.3 is 0 Å². The number of halogens is 2. The van der Waals surface area contributed by atoms with Crippen molar-refractivity contribution in [3.05, 3.63) is 38.4 Å². The van der Waals surface area contributed by atoms with E-state index in [1.165, 1.54) is 9.13 Å². The Bertz CT molecular complexity index is 255. The fourth-order valence-electron chi connectivity index (χ4n) is 0.678. The van der Waals surface area contributed by atoms with Crippen LogP contribution in [0.3, 0.4) is 0 Å². The zero-order chi connectivity index (χ0) is 7.56. The highest BCUT2D eigenvalue weighted by Crippen LogP contribution is 2.22. The van der Waals surface area contributed by atoms with Crippen molar-refractivity contribution in [2.24, 2.45) is 0 Å². The Labute approximate surface area is 82.6 Å². The van der Waals surface area contributed by atoms with Gasteiger partial charge in [-0.2, -0.15) is 0 Å². The molecule has 1 aromatic rings. The van der Waals surface area contributed by atoms with Crippen LogP contribution in [0.5, 0.6) is 0 Å². The molecule has 0 radical (unpaired) electrons. The second kappa shape index (κ2) is 3.53. The number of benzene rings is 1. The fourth-order valence-corrected chi connectivity index (χ4v) is 1.64. The summed E-state index contributed by atoms with van der Waals surface area (Å²) < 4.78 is 2.35. The van der Waals surface area contributed by atoms with E-state index in [1.54, 1.807) is 0 Å². The molecule has 2 heteroatoms. The maximum absolute atomic E-state index is 3.71. The Morgan fingerprint density at radius 3 is 2.70 bits per heavy atom. The average molecular weight is 309 g/mol. The van der Waals surface area contributed by atoms with Gasteiger partial charge in [0, 0.05) is 8.04 Å². The Morgan fingerprint density at radius 1 is 1.50 bits per heavy atom. The molecule has 0 saturated carbocycles. The van der Waals surface area contributed by atoms with Crippen molar-refractivity contribution in [3.8, 4) is 0 Å². The van der Waals surface area contributed by atoms with Crippen molar-refractivity contribution in [2.45, 2.75) is 0 Å². The molecule has 0 aliphatic heterocycles. The van der Waals surface area contributed by atoms with Crippen LogP contribution < -0.4 is 0 Å². The van der Waals surface area contributed by atoms with Crippen molar-refractivity contribution in [1.29, 1.82) is 0 Å². The van der Waals surface area contributed by atoms with E-state index in [2.05, 4.69) is 45.1 Å². The third kappa shape index (κ3) is 1.61. The highest BCUT2D eigenvalue weighted by molar-refractivity contribution is 14.1. The summed E-state index contributed by atoms with van der Waals surface area (Å²) in [6.07, 6.45) is 1.85. The zero-order valence-electron chi connectivity index (χ0n) is 5.27. The van der Waals surface area contributed by atoms with Crippen LogP contribution in [0.1, 0.15) is 5.56 Å². The maximum atomic E-state index is 3.71. The van der Waals surface area contributed by atoms with Crippen LogP contribution in [0.2, 0.25) is 0 Å². The smallest absolute Gasteiger partial charge is 0.0344 e. The second-order valence-corrected chi connectivity index (χ2v) is 3.78. The number of hydrogen-bond donors (Lipinski definition) is 0. The normalized spacial score (nSPS) is 9.40. The second-order valence-electron chi connectivity index (χ2n) is 1.85. The van der Waals surface area contributed by atoms with Gasteiger partial charge in [-0.3, -0.25) is 0 Å². The Kier molecular flexibility index (Phi) is 2.92. The van der Waals surface area contributed by atoms with E-state index in [9.17, 15) is 0 Å². The van der Waals surface area contributed by atoms with Gasteiger partial charge >= 0.3 is 0 Å². The van der Waals surface area contributed by atoms with Gasteiger partial charge in [0.05, 0.1) is 0 Å². The molecule has 0 aliphatic carbocycles. The highest BCUT2D eigenvalue weighted by atomic mass is 127. The molecule has 0 atom stereocenters. The number of hydrogen-bond acceptors (Lipinski definition) is 0. The molecule has 0 saturated heterocycles. The molecule has 0 aliphatic rings. The topological polar surface area (TPSA) is 0 Å². The highest BCUT2D eigenvalue weighted by Gasteiger charge is 1.97. The Balaban J connectivity index is 3.27. The van der Waals surface area contributed by atoms with E-state index in [0.29, 0.717) is 0 Å². The first-order valence-electron chi connectivity index (χ1n) is 2.82. The van der Waals surface area contributed by atoms with Crippen LogP contribution in [0.25, 0.3) is 6.08 Å². The standard InChI is InChI=1S/C8H6BrI/c1-2-6-4-3-5-7(9)8(6)10/h2-5H,1H2. The van der Waals surface area contributed by atoms with Crippen LogP contribution in [0.15, 0.2) is 29.3 Å². The van der Waals surface area contributed by atoms with Gasteiger partial charge in [-0.05, 0) is 50.2 Å². The summed E-state index contributed by atoms with van der Waals surface area (Å²) in [5.74, 6) is 0. The molecule has 0 amide bonds. The minimum atomic E-state index is 1.13. The molecule has 0 nitrogen and oxygen atoms in total. The summed E-state index contributed by atoms with van der Waals surface area (Å²) in [6, 6.07) is 6.07. The first kappa shape index (κ1) is 8.27. The Morgan fingerprint density at radius 2 is 2.20 bits per heavy atom. The predicted octanol–water partition coefficient (Wildman–Crippen LogP) is 3.70. The minimum Gasteiger partial charge on any atom is -0.0984 e. The average Bonchev–Trinajstić information content (AvgIpc) is 1.95. The maximum Gasteiger partial charge on any atom is 0.0344 e. The molecule has 0 fully saturated rings. The third-order valence-electron chi connectivity index (χ3n) is 1.20. The predicted molar refractivity (Wildman–Crippen MR) is 57.0 cm³/mol. The summed E-state index contributed by atoms with van der Waals surface area (Å²) in [5, 5.41) is 0. The summed E-state index contributed by atoms with van der Waals surface area (Å²) in [7, 11) is 0. The number of rotatable bonds is 1. The lowest BCUT2D eigenvalue weighted by Crippen LogP contribution is -1.79. The van der Waals surface area contributed by atoms with Gasteiger partial charge in [-0.1, -0.05) is 24.8 Å². The quantitative estimate of drug-likeness (QED) is 0.694. The van der Waals surface area contributed by atoms with Crippen molar-refractivity contribution < 1.29 is 0 Å². The van der Waals surface area contributed by atoms with Crippen LogP contribution in [0, 0.1) is 3.57 Å². The summed E-state index contributed by atoms with van der Waals surface area (Å²) >= 11 is 5.72. The van der Waals surface area contributed by atoms with E-state index in [0.717, 1.165) is 4.47 Å². The molecule has 0 unspecified atom stereocenters. The summed E-state index contributed by atoms with van der Waals surface area (Å²) in [5.41, 5.74) is 1.18. The molecule has 0 bridgehead atoms. The van der Waals surface area contributed by atoms with Crippen molar-refractivity contribution in [3.63, 3.8) is 0 Å². The van der Waals surface area contributed by atoms with Gasteiger partial charge in [0.25, 0.3) is 0 Å². The zero-order valence-corrected chi connectivity index (χ0v) is 9.02. The molecule has 1 aromatic carbocycles. The molecule has 10 heavy (non-hydrogen) atoms. The lowest BCUT2D eigenvalue weighted by molar-refractivity contribution is 1.55. The lowest BCUT2D eigenvalue weighted by atomic mass is 10.2. The van der Waals surface area contributed by atoms with Gasteiger partial charge in [-0.15, -0.1) is 0 Å². The molecular formula is C8H6BrI. The summed E-state index contributed by atoms with van der Waals surface area (Å²) in [6.45, 7) is 3.71. The molecule has 0 aromatic heterocycles. The molecule has 0 N–H and O–H groups in total. The molecule has 1 rings (SSSR count). The van der Waals surface area contributed by atoms with Crippen molar-refractivity contribution >= 4 is 44.6 Å². The summed E-state index contributed by atoms with van der Waals surface area (Å²) in [4.78, 5) is 0. The molecular weight excluding hydrogens is 303 g/mol. The van der Waals surface area contributed by atoms with Crippen LogP contribution in [0.4, 0.5) is 0 Å². The fraction of sp³-hybridized carbons (Fsp3) is 0. The Hall–Kier alpha value is 0.170. The van der Waals surface area contributed by atoms with Gasteiger partial charge in [0.2, 0.25) is 0 Å². The van der Waals surface area contributed by atoms with E-state index in [4.69, 9.17) is 0 Å². The van der Waals surface area contributed by atoms with E-state index >= 15 is 0 Å². The van der Waals surface area contributed by atoms with Gasteiger partial charge in [0.1, 0.15) is 0 Å². The van der Waals surface area contributed by atoms with Gasteiger partial charge in [0.15, 0.2) is 0 Å². The first-order chi connectivity index (χ1) is 4.75. The van der Waals surface area contributed by atoms with E-state index in [-0.39, 0.29) is 0 Å². The van der Waals surface area contributed by atoms with Crippen LogP contribution >= 0.6 is 38.5 Å². The van der Waals surface area contributed by atoms with Crippen molar-refractivity contribution in [2.75, 3.05) is 0 Å². The molecule has 0 spiro atoms. The van der Waals surface area contributed by atoms with E-state index < -0.39 is 0 Å². The largest absolute Gasteiger partial charge is 0.0984 e. The van der Waals surface area contributed by atoms with Crippen LogP contribution in [-0.4, -0.2) is 0 Å². The van der Waals surface area contributed by atoms with Crippen LogP contribution in [-0.2, 0) is 0 Å². The lowest BCUT2D eigenvalue weighted by Gasteiger charge is -1.98. The monoisotopic (exact) mass is 308 g/mol. The molecule has 0 heterocycles. The third-order valence-corrected chi connectivity index (χ3v) is 3.81.